The molecular weight excluding hydrogens is 340 g/mol. The zero-order chi connectivity index (χ0) is 18.3. The summed E-state index contributed by atoms with van der Waals surface area (Å²) in [7, 11) is -2.33. The Labute approximate surface area is 147 Å². The Morgan fingerprint density at radius 2 is 1.72 bits per heavy atom. The van der Waals surface area contributed by atoms with E-state index in [1.165, 1.54) is 7.11 Å². The normalized spacial score (nSPS) is 10.9. The number of hydroxylamine groups is 2. The molecule has 0 atom stereocenters. The van der Waals surface area contributed by atoms with Crippen molar-refractivity contribution in [2.75, 3.05) is 12.9 Å². The van der Waals surface area contributed by atoms with Crippen molar-refractivity contribution in [2.45, 2.75) is 12.3 Å². The van der Waals surface area contributed by atoms with Gasteiger partial charge in [0.15, 0.2) is 9.84 Å². The minimum absolute atomic E-state index is 0.169. The van der Waals surface area contributed by atoms with Crippen LogP contribution in [0.1, 0.15) is 16.7 Å². The Balaban J connectivity index is 2.02. The van der Waals surface area contributed by atoms with Gasteiger partial charge in [0, 0.05) is 0 Å². The zero-order valence-electron chi connectivity index (χ0n) is 13.8. The lowest BCUT2D eigenvalue weighted by Crippen LogP contribution is -2.34. The zero-order valence-corrected chi connectivity index (χ0v) is 14.6. The van der Waals surface area contributed by atoms with Crippen molar-refractivity contribution in [2.24, 2.45) is 0 Å². The first-order valence-electron chi connectivity index (χ1n) is 7.51. The second kappa shape index (κ2) is 8.42. The molecule has 0 aliphatic carbocycles. The summed E-state index contributed by atoms with van der Waals surface area (Å²) in [5.74, 6) is -1.54. The Kier molecular flexibility index (Phi) is 6.28. The van der Waals surface area contributed by atoms with Crippen molar-refractivity contribution in [3.05, 3.63) is 71.3 Å². The predicted octanol–water partition coefficient (Wildman–Crippen LogP) is 2.06. The number of carbonyl (C=O) groups is 1. The van der Waals surface area contributed by atoms with Crippen LogP contribution in [0.2, 0.25) is 0 Å². The topological polar surface area (TPSA) is 87.5 Å². The van der Waals surface area contributed by atoms with Crippen LogP contribution in [0.5, 0.6) is 0 Å². The van der Waals surface area contributed by atoms with Gasteiger partial charge < -0.3 is 0 Å². The van der Waals surface area contributed by atoms with Crippen LogP contribution in [0, 0.1) is 11.3 Å². The molecule has 0 aromatic heterocycles. The number of carbonyl (C=O) groups excluding carboxylic acids is 1. The number of nitriles is 1. The van der Waals surface area contributed by atoms with Crippen molar-refractivity contribution in [3.8, 4) is 6.07 Å². The predicted molar refractivity (Wildman–Crippen MR) is 92.6 cm³/mol. The molecule has 2 rings (SSSR count). The standard InChI is InChI=1S/C18H18N2O4S/c1-24-20(12-16-5-3-2-4-6-16)18(21)14-25(22,23)13-17-9-7-15(11-19)8-10-17/h2-10H,12-14H2,1H3. The Morgan fingerprint density at radius 1 is 1.08 bits per heavy atom. The summed E-state index contributed by atoms with van der Waals surface area (Å²) in [6.45, 7) is 0.169. The van der Waals surface area contributed by atoms with Crippen molar-refractivity contribution < 1.29 is 18.0 Å². The van der Waals surface area contributed by atoms with Crippen LogP contribution in [0.25, 0.3) is 0 Å². The number of hydrogen-bond acceptors (Lipinski definition) is 5. The third-order valence-corrected chi connectivity index (χ3v) is 4.94. The number of hydrogen-bond donors (Lipinski definition) is 0. The van der Waals surface area contributed by atoms with Gasteiger partial charge in [0.05, 0.1) is 31.0 Å². The van der Waals surface area contributed by atoms with Gasteiger partial charge in [-0.05, 0) is 23.3 Å². The molecule has 7 heteroatoms. The van der Waals surface area contributed by atoms with Crippen LogP contribution in [0.15, 0.2) is 54.6 Å². The fourth-order valence-corrected chi connectivity index (χ4v) is 3.57. The van der Waals surface area contributed by atoms with E-state index in [0.29, 0.717) is 11.1 Å². The lowest BCUT2D eigenvalue weighted by atomic mass is 10.2. The molecule has 0 spiro atoms. The van der Waals surface area contributed by atoms with Gasteiger partial charge in [-0.25, -0.2) is 13.5 Å². The fraction of sp³-hybridized carbons (Fsp3) is 0.222. The molecule has 0 heterocycles. The Bertz CT molecular complexity index is 856. The molecule has 2 aromatic rings. The van der Waals surface area contributed by atoms with Crippen molar-refractivity contribution in [1.82, 2.24) is 5.06 Å². The van der Waals surface area contributed by atoms with Crippen LogP contribution in [-0.2, 0) is 31.8 Å². The molecule has 2 aromatic carbocycles. The van der Waals surface area contributed by atoms with Crippen LogP contribution in [-0.4, -0.2) is 32.3 Å². The third-order valence-electron chi connectivity index (χ3n) is 3.48. The first-order chi connectivity index (χ1) is 11.9. The molecule has 0 radical (unpaired) electrons. The molecular formula is C18H18N2O4S. The highest BCUT2D eigenvalue weighted by Gasteiger charge is 2.22. The number of amides is 1. The highest BCUT2D eigenvalue weighted by atomic mass is 32.2. The molecule has 0 saturated heterocycles. The number of rotatable bonds is 7. The van der Waals surface area contributed by atoms with E-state index in [9.17, 15) is 13.2 Å². The van der Waals surface area contributed by atoms with Crippen LogP contribution < -0.4 is 0 Å². The van der Waals surface area contributed by atoms with Gasteiger partial charge in [-0.1, -0.05) is 42.5 Å². The van der Waals surface area contributed by atoms with E-state index in [0.717, 1.165) is 10.6 Å². The van der Waals surface area contributed by atoms with Crippen molar-refractivity contribution >= 4 is 15.7 Å². The molecule has 25 heavy (non-hydrogen) atoms. The second-order valence-corrected chi connectivity index (χ2v) is 7.50. The highest BCUT2D eigenvalue weighted by molar-refractivity contribution is 7.91. The number of sulfone groups is 1. The van der Waals surface area contributed by atoms with E-state index in [1.54, 1.807) is 24.3 Å². The van der Waals surface area contributed by atoms with Gasteiger partial charge in [-0.15, -0.1) is 0 Å². The SMILES string of the molecule is CON(Cc1ccccc1)C(=O)CS(=O)(=O)Cc1ccc(C#N)cc1. The molecule has 0 unspecified atom stereocenters. The molecule has 0 saturated carbocycles. The minimum atomic E-state index is -3.65. The molecule has 0 fully saturated rings. The van der Waals surface area contributed by atoms with Gasteiger partial charge in [0.1, 0.15) is 5.75 Å². The van der Waals surface area contributed by atoms with E-state index < -0.39 is 21.5 Å². The molecule has 130 valence electrons. The number of nitrogens with zero attached hydrogens (tertiary/aromatic N) is 2. The van der Waals surface area contributed by atoms with E-state index in [-0.39, 0.29) is 12.3 Å². The van der Waals surface area contributed by atoms with Crippen LogP contribution in [0.4, 0.5) is 0 Å². The first kappa shape index (κ1) is 18.6. The average molecular weight is 358 g/mol. The van der Waals surface area contributed by atoms with E-state index >= 15 is 0 Å². The Morgan fingerprint density at radius 3 is 2.28 bits per heavy atom. The molecule has 0 bridgehead atoms. The van der Waals surface area contributed by atoms with Crippen molar-refractivity contribution in [3.63, 3.8) is 0 Å². The summed E-state index contributed by atoms with van der Waals surface area (Å²) in [6.07, 6.45) is 0. The van der Waals surface area contributed by atoms with Gasteiger partial charge >= 0.3 is 0 Å². The summed E-state index contributed by atoms with van der Waals surface area (Å²) >= 11 is 0. The summed E-state index contributed by atoms with van der Waals surface area (Å²) < 4.78 is 24.5. The fourth-order valence-electron chi connectivity index (χ4n) is 2.24. The van der Waals surface area contributed by atoms with Crippen LogP contribution in [0.3, 0.4) is 0 Å². The molecule has 0 N–H and O–H groups in total. The molecule has 1 amide bonds. The van der Waals surface area contributed by atoms with Gasteiger partial charge in [-0.2, -0.15) is 5.26 Å². The number of benzene rings is 2. The van der Waals surface area contributed by atoms with Gasteiger partial charge in [0.25, 0.3) is 5.91 Å². The maximum Gasteiger partial charge on any atom is 0.261 e. The lowest BCUT2D eigenvalue weighted by Gasteiger charge is -2.19. The lowest BCUT2D eigenvalue weighted by molar-refractivity contribution is -0.176. The molecule has 0 aliphatic heterocycles. The highest BCUT2D eigenvalue weighted by Crippen LogP contribution is 2.11. The minimum Gasteiger partial charge on any atom is -0.274 e. The largest absolute Gasteiger partial charge is 0.274 e. The monoisotopic (exact) mass is 358 g/mol. The van der Waals surface area contributed by atoms with Gasteiger partial charge in [-0.3, -0.25) is 9.63 Å². The third kappa shape index (κ3) is 5.71. The quantitative estimate of drug-likeness (QED) is 0.707. The average Bonchev–Trinajstić information content (AvgIpc) is 2.60. The summed E-state index contributed by atoms with van der Waals surface area (Å²) in [5.41, 5.74) is 1.81. The summed E-state index contributed by atoms with van der Waals surface area (Å²) in [4.78, 5) is 17.3. The summed E-state index contributed by atoms with van der Waals surface area (Å²) in [6, 6.07) is 17.4. The Hall–Kier alpha value is -2.69. The van der Waals surface area contributed by atoms with E-state index in [4.69, 9.17) is 10.1 Å². The van der Waals surface area contributed by atoms with E-state index in [2.05, 4.69) is 0 Å². The molecule has 0 aliphatic rings. The van der Waals surface area contributed by atoms with Crippen LogP contribution >= 0.6 is 0 Å². The maximum absolute atomic E-state index is 12.3. The molecule has 6 nitrogen and oxygen atoms in total. The van der Waals surface area contributed by atoms with Gasteiger partial charge in [0.2, 0.25) is 0 Å². The first-order valence-corrected chi connectivity index (χ1v) is 9.33. The van der Waals surface area contributed by atoms with E-state index in [1.807, 2.05) is 36.4 Å². The maximum atomic E-state index is 12.3. The second-order valence-electron chi connectivity index (χ2n) is 5.44. The van der Waals surface area contributed by atoms with Crippen molar-refractivity contribution in [1.29, 1.82) is 5.26 Å². The summed E-state index contributed by atoms with van der Waals surface area (Å²) in [5, 5.41) is 9.79. The smallest absolute Gasteiger partial charge is 0.261 e.